The van der Waals surface area contributed by atoms with Crippen LogP contribution >= 0.6 is 11.3 Å². The number of carbonyl (C=O) groups is 1. The molecule has 1 aromatic carbocycles. The van der Waals surface area contributed by atoms with Gasteiger partial charge < -0.3 is 9.64 Å². The van der Waals surface area contributed by atoms with Gasteiger partial charge in [-0.2, -0.15) is 4.98 Å². The van der Waals surface area contributed by atoms with Crippen molar-refractivity contribution in [3.63, 3.8) is 0 Å². The first-order chi connectivity index (χ1) is 13.2. The average molecular weight is 383 g/mol. The Hall–Kier alpha value is -2.71. The number of thiophene rings is 1. The summed E-state index contributed by atoms with van der Waals surface area (Å²) in [4.78, 5) is 22.7. The molecule has 0 saturated carbocycles. The largest absolute Gasteiger partial charge is 0.466 e. The maximum absolute atomic E-state index is 12.8. The zero-order valence-electron chi connectivity index (χ0n) is 15.1. The Labute approximate surface area is 161 Å². The third-order valence-corrected chi connectivity index (χ3v) is 5.53. The van der Waals surface area contributed by atoms with Gasteiger partial charge >= 0.3 is 6.01 Å². The summed E-state index contributed by atoms with van der Waals surface area (Å²) in [5.74, 6) is 0.695. The van der Waals surface area contributed by atoms with Gasteiger partial charge in [-0.3, -0.25) is 14.8 Å². The average Bonchev–Trinajstić information content (AvgIpc) is 3.40. The highest BCUT2D eigenvalue weighted by atomic mass is 32.1. The van der Waals surface area contributed by atoms with Crippen LogP contribution in [0.15, 0.2) is 41.8 Å². The molecule has 1 aliphatic rings. The molecule has 27 heavy (non-hydrogen) atoms. The van der Waals surface area contributed by atoms with Gasteiger partial charge in [-0.15, -0.1) is 16.4 Å². The lowest BCUT2D eigenvalue weighted by atomic mass is 10.1. The van der Waals surface area contributed by atoms with Gasteiger partial charge in [-0.25, -0.2) is 0 Å². The minimum absolute atomic E-state index is 0.0764. The summed E-state index contributed by atoms with van der Waals surface area (Å²) < 4.78 is 4.98. The Morgan fingerprint density at radius 3 is 2.59 bits per heavy atom. The number of benzene rings is 1. The summed E-state index contributed by atoms with van der Waals surface area (Å²) in [5.41, 5.74) is 1.56. The molecule has 3 aromatic rings. The zero-order chi connectivity index (χ0) is 18.6. The van der Waals surface area contributed by atoms with E-state index in [1.54, 1.807) is 11.3 Å². The number of methoxy groups -OCH3 is 1. The molecule has 1 fully saturated rings. The molecule has 8 heteroatoms. The third-order valence-electron chi connectivity index (χ3n) is 4.67. The second-order valence-electron chi connectivity index (χ2n) is 6.40. The van der Waals surface area contributed by atoms with E-state index in [1.165, 1.54) is 12.0 Å². The van der Waals surface area contributed by atoms with E-state index in [0.29, 0.717) is 17.4 Å². The number of nitrogens with zero attached hydrogens (tertiary/aromatic N) is 4. The number of carbonyl (C=O) groups excluding carboxylic acids is 1. The fourth-order valence-electron chi connectivity index (χ4n) is 3.15. The van der Waals surface area contributed by atoms with Gasteiger partial charge in [0.15, 0.2) is 5.82 Å². The Morgan fingerprint density at radius 2 is 1.96 bits per heavy atom. The standard InChI is InChI=1S/C19H21N5O2S/c1-26-19-20-17(21-22-19)14-4-6-15(7-5-14)18(25)24-10-8-23(9-11-24)13-16-3-2-12-27-16/h2-7,12H,8-11,13H2,1H3,(H,20,21,22). The van der Waals surface area contributed by atoms with Crippen molar-refractivity contribution >= 4 is 17.2 Å². The summed E-state index contributed by atoms with van der Waals surface area (Å²) >= 11 is 1.78. The quantitative estimate of drug-likeness (QED) is 0.733. The Morgan fingerprint density at radius 1 is 1.19 bits per heavy atom. The fraction of sp³-hybridized carbons (Fsp3) is 0.316. The Kier molecular flexibility index (Phi) is 5.17. The van der Waals surface area contributed by atoms with E-state index in [-0.39, 0.29) is 5.91 Å². The minimum atomic E-state index is 0.0764. The van der Waals surface area contributed by atoms with E-state index in [2.05, 4.69) is 37.6 Å². The van der Waals surface area contributed by atoms with E-state index >= 15 is 0 Å². The fourth-order valence-corrected chi connectivity index (χ4v) is 3.90. The minimum Gasteiger partial charge on any atom is -0.466 e. The van der Waals surface area contributed by atoms with Crippen molar-refractivity contribution < 1.29 is 9.53 Å². The second-order valence-corrected chi connectivity index (χ2v) is 7.43. The molecule has 3 heterocycles. The number of hydrogen-bond acceptors (Lipinski definition) is 6. The first-order valence-corrected chi connectivity index (χ1v) is 9.72. The Bertz CT molecular complexity index is 883. The SMILES string of the molecule is COc1n[nH]c(-c2ccc(C(=O)N3CCN(Cc4cccs4)CC3)cc2)n1. The molecule has 0 unspecified atom stereocenters. The third kappa shape index (κ3) is 4.01. The molecule has 1 amide bonds. The van der Waals surface area contributed by atoms with Crippen LogP contribution < -0.4 is 4.74 Å². The van der Waals surface area contributed by atoms with Crippen molar-refractivity contribution in [2.75, 3.05) is 33.3 Å². The number of aromatic amines is 1. The lowest BCUT2D eigenvalue weighted by Crippen LogP contribution is -2.48. The van der Waals surface area contributed by atoms with Crippen LogP contribution in [0.3, 0.4) is 0 Å². The zero-order valence-corrected chi connectivity index (χ0v) is 15.9. The number of ether oxygens (including phenoxy) is 1. The lowest BCUT2D eigenvalue weighted by molar-refractivity contribution is 0.0629. The predicted molar refractivity (Wildman–Crippen MR) is 104 cm³/mol. The van der Waals surface area contributed by atoms with Crippen molar-refractivity contribution in [3.05, 3.63) is 52.2 Å². The first-order valence-electron chi connectivity index (χ1n) is 8.84. The lowest BCUT2D eigenvalue weighted by Gasteiger charge is -2.34. The highest BCUT2D eigenvalue weighted by molar-refractivity contribution is 7.09. The van der Waals surface area contributed by atoms with Crippen LogP contribution in [0.25, 0.3) is 11.4 Å². The van der Waals surface area contributed by atoms with Crippen LogP contribution in [0.4, 0.5) is 0 Å². The number of H-pyrrole nitrogens is 1. The molecule has 4 rings (SSSR count). The highest BCUT2D eigenvalue weighted by Gasteiger charge is 2.22. The molecule has 1 saturated heterocycles. The second kappa shape index (κ2) is 7.89. The van der Waals surface area contributed by atoms with E-state index in [1.807, 2.05) is 29.2 Å². The smallest absolute Gasteiger partial charge is 0.335 e. The molecule has 0 atom stereocenters. The van der Waals surface area contributed by atoms with Crippen LogP contribution in [-0.2, 0) is 6.54 Å². The van der Waals surface area contributed by atoms with Gasteiger partial charge in [-0.1, -0.05) is 18.2 Å². The molecule has 0 aliphatic carbocycles. The summed E-state index contributed by atoms with van der Waals surface area (Å²) in [6.45, 7) is 4.28. The van der Waals surface area contributed by atoms with Gasteiger partial charge in [0.25, 0.3) is 5.91 Å². The summed E-state index contributed by atoms with van der Waals surface area (Å²) in [5, 5.41) is 8.86. The molecule has 7 nitrogen and oxygen atoms in total. The van der Waals surface area contributed by atoms with Crippen LogP contribution in [0.5, 0.6) is 6.01 Å². The normalized spacial score (nSPS) is 15.1. The molecule has 140 valence electrons. The summed E-state index contributed by atoms with van der Waals surface area (Å²) in [7, 11) is 1.52. The molecule has 1 N–H and O–H groups in total. The van der Waals surface area contributed by atoms with Gasteiger partial charge in [-0.05, 0) is 23.6 Å². The molecule has 0 spiro atoms. The molecule has 2 aromatic heterocycles. The van der Waals surface area contributed by atoms with Crippen LogP contribution in [0.2, 0.25) is 0 Å². The van der Waals surface area contributed by atoms with Crippen molar-refractivity contribution in [3.8, 4) is 17.4 Å². The van der Waals surface area contributed by atoms with Gasteiger partial charge in [0.05, 0.1) is 7.11 Å². The molecular formula is C19H21N5O2S. The van der Waals surface area contributed by atoms with Crippen LogP contribution in [-0.4, -0.2) is 64.2 Å². The molecule has 0 radical (unpaired) electrons. The monoisotopic (exact) mass is 383 g/mol. The summed E-state index contributed by atoms with van der Waals surface area (Å²) in [6, 6.07) is 12.0. The van der Waals surface area contributed by atoms with E-state index < -0.39 is 0 Å². The van der Waals surface area contributed by atoms with Crippen LogP contribution in [0, 0.1) is 0 Å². The number of rotatable bonds is 5. The maximum atomic E-state index is 12.8. The number of aromatic nitrogens is 3. The maximum Gasteiger partial charge on any atom is 0.335 e. The van der Waals surface area contributed by atoms with Crippen LogP contribution in [0.1, 0.15) is 15.2 Å². The number of nitrogens with one attached hydrogen (secondary N) is 1. The highest BCUT2D eigenvalue weighted by Crippen LogP contribution is 2.19. The number of amides is 1. The van der Waals surface area contributed by atoms with E-state index in [9.17, 15) is 4.79 Å². The van der Waals surface area contributed by atoms with Gasteiger partial charge in [0.1, 0.15) is 0 Å². The molecule has 1 aliphatic heterocycles. The Balaban J connectivity index is 1.35. The van der Waals surface area contributed by atoms with Crippen molar-refractivity contribution in [1.82, 2.24) is 25.0 Å². The first kappa shape index (κ1) is 17.7. The van der Waals surface area contributed by atoms with Gasteiger partial charge in [0.2, 0.25) is 0 Å². The van der Waals surface area contributed by atoms with Crippen molar-refractivity contribution in [2.45, 2.75) is 6.54 Å². The molecule has 0 bridgehead atoms. The summed E-state index contributed by atoms with van der Waals surface area (Å²) in [6.07, 6.45) is 0. The predicted octanol–water partition coefficient (Wildman–Crippen LogP) is 2.50. The number of piperazine rings is 1. The van der Waals surface area contributed by atoms with Crippen molar-refractivity contribution in [1.29, 1.82) is 0 Å². The topological polar surface area (TPSA) is 74.3 Å². The van der Waals surface area contributed by atoms with E-state index in [4.69, 9.17) is 4.74 Å². The molecular weight excluding hydrogens is 362 g/mol. The van der Waals surface area contributed by atoms with Crippen molar-refractivity contribution in [2.24, 2.45) is 0 Å². The number of hydrogen-bond donors (Lipinski definition) is 1. The van der Waals surface area contributed by atoms with Gasteiger partial charge in [0, 0.05) is 48.7 Å². The van der Waals surface area contributed by atoms with E-state index in [0.717, 1.165) is 38.3 Å².